The van der Waals surface area contributed by atoms with Crippen LogP contribution in [0.2, 0.25) is 0 Å². The number of hydrogen-bond donors (Lipinski definition) is 1. The molecule has 0 bridgehead atoms. The van der Waals surface area contributed by atoms with E-state index in [9.17, 15) is 0 Å². The van der Waals surface area contributed by atoms with E-state index in [2.05, 4.69) is 5.10 Å². The SMILES string of the molecule is Nc1ccn(C2CCOC3(CCCCC3)C2)n1. The summed E-state index contributed by atoms with van der Waals surface area (Å²) in [5.41, 5.74) is 5.83. The van der Waals surface area contributed by atoms with Gasteiger partial charge in [0.15, 0.2) is 0 Å². The molecule has 2 heterocycles. The molecule has 1 atom stereocenters. The van der Waals surface area contributed by atoms with Gasteiger partial charge in [-0.2, -0.15) is 5.10 Å². The Hall–Kier alpha value is -1.03. The quantitative estimate of drug-likeness (QED) is 0.813. The third-order valence-corrected chi connectivity index (χ3v) is 4.23. The number of nitrogens with zero attached hydrogens (tertiary/aromatic N) is 2. The molecular formula is C13H21N3O. The van der Waals surface area contributed by atoms with Crippen molar-refractivity contribution in [1.82, 2.24) is 9.78 Å². The second-order valence-electron chi connectivity index (χ2n) is 5.46. The van der Waals surface area contributed by atoms with E-state index in [-0.39, 0.29) is 5.60 Å². The van der Waals surface area contributed by atoms with Crippen molar-refractivity contribution in [3.63, 3.8) is 0 Å². The smallest absolute Gasteiger partial charge is 0.145 e. The van der Waals surface area contributed by atoms with Crippen LogP contribution in [-0.4, -0.2) is 22.0 Å². The molecule has 1 aliphatic carbocycles. The highest BCUT2D eigenvalue weighted by Crippen LogP contribution is 2.42. The lowest BCUT2D eigenvalue weighted by molar-refractivity contribution is -0.115. The molecule has 1 saturated carbocycles. The van der Waals surface area contributed by atoms with Crippen molar-refractivity contribution in [2.75, 3.05) is 12.3 Å². The summed E-state index contributed by atoms with van der Waals surface area (Å²) in [4.78, 5) is 0. The molecule has 0 amide bonds. The minimum atomic E-state index is 0.141. The number of nitrogen functional groups attached to an aromatic ring is 1. The number of aromatic nitrogens is 2. The number of anilines is 1. The monoisotopic (exact) mass is 235 g/mol. The summed E-state index contributed by atoms with van der Waals surface area (Å²) in [6, 6.07) is 2.35. The summed E-state index contributed by atoms with van der Waals surface area (Å²) in [5, 5.41) is 4.35. The molecule has 0 radical (unpaired) electrons. The molecule has 1 spiro atoms. The van der Waals surface area contributed by atoms with Crippen molar-refractivity contribution in [3.05, 3.63) is 12.3 Å². The molecule has 2 fully saturated rings. The van der Waals surface area contributed by atoms with Crippen LogP contribution in [0.3, 0.4) is 0 Å². The van der Waals surface area contributed by atoms with Crippen LogP contribution in [0.15, 0.2) is 12.3 Å². The Morgan fingerprint density at radius 2 is 2.18 bits per heavy atom. The highest BCUT2D eigenvalue weighted by Gasteiger charge is 2.39. The molecule has 1 unspecified atom stereocenters. The molecule has 0 aromatic carbocycles. The number of rotatable bonds is 1. The van der Waals surface area contributed by atoms with Gasteiger partial charge < -0.3 is 10.5 Å². The Bertz CT molecular complexity index is 376. The minimum absolute atomic E-state index is 0.141. The molecule has 1 aliphatic heterocycles. The fourth-order valence-corrected chi connectivity index (χ4v) is 3.33. The zero-order chi connectivity index (χ0) is 11.7. The maximum absolute atomic E-state index is 6.09. The third-order valence-electron chi connectivity index (χ3n) is 4.23. The van der Waals surface area contributed by atoms with Gasteiger partial charge in [-0.05, 0) is 31.7 Å². The molecule has 3 rings (SSSR count). The van der Waals surface area contributed by atoms with Gasteiger partial charge in [0.2, 0.25) is 0 Å². The standard InChI is InChI=1S/C13H21N3O/c14-12-4-8-16(15-12)11-5-9-17-13(10-11)6-2-1-3-7-13/h4,8,11H,1-3,5-7,9-10H2,(H2,14,15). The highest BCUT2D eigenvalue weighted by atomic mass is 16.5. The maximum atomic E-state index is 6.09. The number of ether oxygens (including phenoxy) is 1. The van der Waals surface area contributed by atoms with Crippen LogP contribution in [0, 0.1) is 0 Å². The fraction of sp³-hybridized carbons (Fsp3) is 0.769. The Morgan fingerprint density at radius 3 is 2.88 bits per heavy atom. The van der Waals surface area contributed by atoms with Crippen molar-refractivity contribution in [1.29, 1.82) is 0 Å². The average molecular weight is 235 g/mol. The van der Waals surface area contributed by atoms with Crippen molar-refractivity contribution in [2.45, 2.75) is 56.6 Å². The van der Waals surface area contributed by atoms with Gasteiger partial charge in [0.25, 0.3) is 0 Å². The summed E-state index contributed by atoms with van der Waals surface area (Å²) < 4.78 is 8.13. The van der Waals surface area contributed by atoms with Crippen LogP contribution in [0.1, 0.15) is 51.0 Å². The van der Waals surface area contributed by atoms with Gasteiger partial charge in [-0.15, -0.1) is 0 Å². The van der Waals surface area contributed by atoms with Gasteiger partial charge in [0, 0.05) is 12.8 Å². The second-order valence-corrected chi connectivity index (χ2v) is 5.46. The average Bonchev–Trinajstić information content (AvgIpc) is 2.77. The largest absolute Gasteiger partial charge is 0.382 e. The predicted molar refractivity (Wildman–Crippen MR) is 66.7 cm³/mol. The Morgan fingerprint density at radius 1 is 1.35 bits per heavy atom. The molecule has 1 saturated heterocycles. The van der Waals surface area contributed by atoms with E-state index >= 15 is 0 Å². The van der Waals surface area contributed by atoms with Gasteiger partial charge in [0.1, 0.15) is 5.82 Å². The molecule has 4 nitrogen and oxygen atoms in total. The molecule has 2 aliphatic rings. The first kappa shape index (κ1) is 11.1. The van der Waals surface area contributed by atoms with Crippen LogP contribution in [-0.2, 0) is 4.74 Å². The molecule has 17 heavy (non-hydrogen) atoms. The maximum Gasteiger partial charge on any atom is 0.145 e. The minimum Gasteiger partial charge on any atom is -0.382 e. The van der Waals surface area contributed by atoms with Crippen LogP contribution < -0.4 is 5.73 Å². The number of nitrogens with two attached hydrogens (primary N) is 1. The van der Waals surface area contributed by atoms with Crippen LogP contribution in [0.5, 0.6) is 0 Å². The zero-order valence-electron chi connectivity index (χ0n) is 10.3. The Labute approximate surface area is 102 Å². The van der Waals surface area contributed by atoms with E-state index in [4.69, 9.17) is 10.5 Å². The normalized spacial score (nSPS) is 28.4. The second kappa shape index (κ2) is 4.33. The number of hydrogen-bond acceptors (Lipinski definition) is 3. The van der Waals surface area contributed by atoms with E-state index < -0.39 is 0 Å². The molecule has 2 N–H and O–H groups in total. The van der Waals surface area contributed by atoms with Gasteiger partial charge in [-0.25, -0.2) is 0 Å². The van der Waals surface area contributed by atoms with Crippen LogP contribution in [0.25, 0.3) is 0 Å². The third kappa shape index (κ3) is 2.18. The van der Waals surface area contributed by atoms with Crippen molar-refractivity contribution in [3.8, 4) is 0 Å². The van der Waals surface area contributed by atoms with E-state index in [0.717, 1.165) is 19.4 Å². The summed E-state index contributed by atoms with van der Waals surface area (Å²) in [7, 11) is 0. The molecule has 4 heteroatoms. The first-order valence-corrected chi connectivity index (χ1v) is 6.72. The van der Waals surface area contributed by atoms with Crippen molar-refractivity contribution >= 4 is 5.82 Å². The predicted octanol–water partition coefficient (Wildman–Crippen LogP) is 2.52. The van der Waals surface area contributed by atoms with Gasteiger partial charge in [-0.1, -0.05) is 19.3 Å². The van der Waals surface area contributed by atoms with Crippen LogP contribution >= 0.6 is 0 Å². The van der Waals surface area contributed by atoms with E-state index in [1.54, 1.807) is 0 Å². The molecule has 1 aromatic heterocycles. The van der Waals surface area contributed by atoms with Crippen molar-refractivity contribution < 1.29 is 4.74 Å². The van der Waals surface area contributed by atoms with Crippen LogP contribution in [0.4, 0.5) is 5.82 Å². The zero-order valence-corrected chi connectivity index (χ0v) is 10.3. The summed E-state index contributed by atoms with van der Waals surface area (Å²) >= 11 is 0. The van der Waals surface area contributed by atoms with Gasteiger partial charge >= 0.3 is 0 Å². The van der Waals surface area contributed by atoms with Gasteiger partial charge in [0.05, 0.1) is 11.6 Å². The molecule has 94 valence electrons. The lowest BCUT2D eigenvalue weighted by Crippen LogP contribution is -2.42. The molecule has 1 aromatic rings. The summed E-state index contributed by atoms with van der Waals surface area (Å²) in [5.74, 6) is 0.620. The lowest BCUT2D eigenvalue weighted by Gasteiger charge is -2.43. The fourth-order valence-electron chi connectivity index (χ4n) is 3.33. The van der Waals surface area contributed by atoms with E-state index in [1.807, 2.05) is 16.9 Å². The lowest BCUT2D eigenvalue weighted by atomic mass is 9.78. The Kier molecular flexibility index (Phi) is 2.82. The van der Waals surface area contributed by atoms with E-state index in [0.29, 0.717) is 11.9 Å². The Balaban J connectivity index is 1.74. The van der Waals surface area contributed by atoms with Gasteiger partial charge in [-0.3, -0.25) is 4.68 Å². The molecular weight excluding hydrogens is 214 g/mol. The first-order chi connectivity index (χ1) is 8.27. The first-order valence-electron chi connectivity index (χ1n) is 6.72. The summed E-state index contributed by atoms with van der Waals surface area (Å²) in [6.45, 7) is 0.866. The van der Waals surface area contributed by atoms with E-state index in [1.165, 1.54) is 32.1 Å². The van der Waals surface area contributed by atoms with Crippen molar-refractivity contribution in [2.24, 2.45) is 0 Å². The highest BCUT2D eigenvalue weighted by molar-refractivity contribution is 5.24. The topological polar surface area (TPSA) is 53.1 Å². The summed E-state index contributed by atoms with van der Waals surface area (Å²) in [6.07, 6.45) is 10.6.